The van der Waals surface area contributed by atoms with E-state index in [1.165, 1.54) is 19.3 Å². The molecule has 88 valence electrons. The molecule has 0 saturated heterocycles. The summed E-state index contributed by atoms with van der Waals surface area (Å²) in [4.78, 5) is 11.9. The maximum absolute atomic E-state index is 11.9. The van der Waals surface area contributed by atoms with Crippen molar-refractivity contribution in [1.82, 2.24) is 5.32 Å². The van der Waals surface area contributed by atoms with Crippen LogP contribution in [0.25, 0.3) is 0 Å². The van der Waals surface area contributed by atoms with Gasteiger partial charge in [0.25, 0.3) is 5.91 Å². The van der Waals surface area contributed by atoms with Crippen molar-refractivity contribution < 1.29 is 4.79 Å². The topological polar surface area (TPSA) is 52.9 Å². The first-order chi connectivity index (χ1) is 8.13. The van der Waals surface area contributed by atoms with Gasteiger partial charge in [-0.3, -0.25) is 4.79 Å². The molecule has 0 aromatic heterocycles. The van der Waals surface area contributed by atoms with Crippen LogP contribution in [0.3, 0.4) is 0 Å². The normalized spacial score (nSPS) is 16.7. The Morgan fingerprint density at radius 1 is 1.53 bits per heavy atom. The molecule has 17 heavy (non-hydrogen) atoms. The summed E-state index contributed by atoms with van der Waals surface area (Å²) in [5.41, 5.74) is 1.36. The van der Waals surface area contributed by atoms with E-state index in [0.717, 1.165) is 6.54 Å². The number of carbonyl (C=O) groups excluding carboxylic acids is 1. The number of hydrogen-bond donors (Lipinski definition) is 1. The van der Waals surface area contributed by atoms with Crippen molar-refractivity contribution in [3.63, 3.8) is 0 Å². The molecule has 0 bridgehead atoms. The number of nitrogens with one attached hydrogen (secondary N) is 1. The smallest absolute Gasteiger partial charge is 0.251 e. The Bertz CT molecular complexity index is 469. The molecule has 1 N–H and O–H groups in total. The van der Waals surface area contributed by atoms with Crippen LogP contribution in [0.4, 0.5) is 0 Å². The van der Waals surface area contributed by atoms with Gasteiger partial charge in [0.2, 0.25) is 0 Å². The number of hydrogen-bond acceptors (Lipinski definition) is 2. The number of nitrogens with zero attached hydrogens (tertiary/aromatic N) is 1. The van der Waals surface area contributed by atoms with Crippen LogP contribution in [0.1, 0.15) is 42.1 Å². The maximum atomic E-state index is 11.9. The highest BCUT2D eigenvalue weighted by atomic mass is 16.1. The van der Waals surface area contributed by atoms with E-state index >= 15 is 0 Å². The van der Waals surface area contributed by atoms with Gasteiger partial charge in [0.15, 0.2) is 0 Å². The van der Waals surface area contributed by atoms with Crippen LogP contribution in [-0.4, -0.2) is 12.5 Å². The highest BCUT2D eigenvalue weighted by molar-refractivity contribution is 5.94. The third kappa shape index (κ3) is 2.65. The summed E-state index contributed by atoms with van der Waals surface area (Å²) in [6.07, 6.45) is 3.63. The van der Waals surface area contributed by atoms with Gasteiger partial charge in [-0.15, -0.1) is 0 Å². The Morgan fingerprint density at radius 2 is 2.29 bits per heavy atom. The first-order valence-electron chi connectivity index (χ1n) is 5.91. The van der Waals surface area contributed by atoms with Crippen LogP contribution in [0.2, 0.25) is 0 Å². The van der Waals surface area contributed by atoms with E-state index < -0.39 is 0 Å². The molecule has 1 saturated carbocycles. The Balaban J connectivity index is 1.97. The zero-order valence-corrected chi connectivity index (χ0v) is 9.99. The number of amides is 1. The third-order valence-electron chi connectivity index (χ3n) is 3.49. The summed E-state index contributed by atoms with van der Waals surface area (Å²) < 4.78 is 0. The number of rotatable bonds is 3. The lowest BCUT2D eigenvalue weighted by Gasteiger charge is -2.38. The van der Waals surface area contributed by atoms with Crippen LogP contribution in [0.5, 0.6) is 0 Å². The summed E-state index contributed by atoms with van der Waals surface area (Å²) in [5.74, 6) is -0.0878. The maximum Gasteiger partial charge on any atom is 0.251 e. The Hall–Kier alpha value is -1.82. The molecular weight excluding hydrogens is 212 g/mol. The highest BCUT2D eigenvalue weighted by Crippen LogP contribution is 2.39. The van der Waals surface area contributed by atoms with Crippen molar-refractivity contribution in [2.45, 2.75) is 26.2 Å². The summed E-state index contributed by atoms with van der Waals surface area (Å²) in [7, 11) is 0. The van der Waals surface area contributed by atoms with Crippen molar-refractivity contribution in [2.75, 3.05) is 6.54 Å². The molecule has 2 rings (SSSR count). The quantitative estimate of drug-likeness (QED) is 0.864. The fourth-order valence-corrected chi connectivity index (χ4v) is 2.08. The summed E-state index contributed by atoms with van der Waals surface area (Å²) >= 11 is 0. The van der Waals surface area contributed by atoms with E-state index in [1.54, 1.807) is 24.3 Å². The SMILES string of the molecule is CC1(CNC(=O)c2cccc(C#N)c2)CCC1. The largest absolute Gasteiger partial charge is 0.351 e. The molecule has 1 amide bonds. The second-order valence-corrected chi connectivity index (χ2v) is 5.04. The van der Waals surface area contributed by atoms with Crippen LogP contribution in [0.15, 0.2) is 24.3 Å². The molecule has 1 aromatic carbocycles. The second kappa shape index (κ2) is 4.58. The molecule has 0 atom stereocenters. The van der Waals surface area contributed by atoms with Gasteiger partial charge >= 0.3 is 0 Å². The minimum atomic E-state index is -0.0878. The van der Waals surface area contributed by atoms with Gasteiger partial charge in [-0.25, -0.2) is 0 Å². The van der Waals surface area contributed by atoms with Crippen molar-refractivity contribution in [2.24, 2.45) is 5.41 Å². The standard InChI is InChI=1S/C14H16N2O/c1-14(6-3-7-14)10-16-13(17)12-5-2-4-11(8-12)9-15/h2,4-5,8H,3,6-7,10H2,1H3,(H,16,17). The van der Waals surface area contributed by atoms with Crippen molar-refractivity contribution in [3.8, 4) is 6.07 Å². The Kier molecular flexibility index (Phi) is 3.14. The van der Waals surface area contributed by atoms with E-state index in [0.29, 0.717) is 11.1 Å². The molecule has 1 aliphatic rings. The molecule has 0 aliphatic heterocycles. The van der Waals surface area contributed by atoms with E-state index in [4.69, 9.17) is 5.26 Å². The molecule has 1 aromatic rings. The second-order valence-electron chi connectivity index (χ2n) is 5.04. The lowest BCUT2D eigenvalue weighted by Crippen LogP contribution is -2.39. The van der Waals surface area contributed by atoms with E-state index in [9.17, 15) is 4.79 Å². The highest BCUT2D eigenvalue weighted by Gasteiger charge is 2.31. The fraction of sp³-hybridized carbons (Fsp3) is 0.429. The first kappa shape index (κ1) is 11.7. The van der Waals surface area contributed by atoms with Gasteiger partial charge in [-0.1, -0.05) is 19.4 Å². The molecule has 0 heterocycles. The van der Waals surface area contributed by atoms with Crippen molar-refractivity contribution >= 4 is 5.91 Å². The average molecular weight is 228 g/mol. The molecular formula is C14H16N2O. The molecule has 0 radical (unpaired) electrons. The number of benzene rings is 1. The van der Waals surface area contributed by atoms with E-state index in [-0.39, 0.29) is 11.3 Å². The van der Waals surface area contributed by atoms with Crippen LogP contribution in [-0.2, 0) is 0 Å². The predicted molar refractivity (Wildman–Crippen MR) is 65.4 cm³/mol. The molecule has 0 unspecified atom stereocenters. The zero-order valence-electron chi connectivity index (χ0n) is 9.99. The van der Waals surface area contributed by atoms with Gasteiger partial charge in [-0.2, -0.15) is 5.26 Å². The minimum Gasteiger partial charge on any atom is -0.351 e. The van der Waals surface area contributed by atoms with Crippen LogP contribution < -0.4 is 5.32 Å². The Morgan fingerprint density at radius 3 is 2.88 bits per heavy atom. The van der Waals surface area contributed by atoms with Gasteiger partial charge < -0.3 is 5.32 Å². The van der Waals surface area contributed by atoms with Crippen LogP contribution in [0, 0.1) is 16.7 Å². The van der Waals surface area contributed by atoms with Gasteiger partial charge in [0.1, 0.15) is 0 Å². The van der Waals surface area contributed by atoms with Crippen molar-refractivity contribution in [1.29, 1.82) is 5.26 Å². The lowest BCUT2D eigenvalue weighted by molar-refractivity contribution is 0.0891. The summed E-state index contributed by atoms with van der Waals surface area (Å²) in [6, 6.07) is 8.83. The lowest BCUT2D eigenvalue weighted by atomic mass is 9.70. The monoisotopic (exact) mass is 228 g/mol. The first-order valence-corrected chi connectivity index (χ1v) is 5.91. The molecule has 1 fully saturated rings. The predicted octanol–water partition coefficient (Wildman–Crippen LogP) is 2.48. The van der Waals surface area contributed by atoms with Gasteiger partial charge in [-0.05, 0) is 36.5 Å². The Labute approximate surface area is 101 Å². The third-order valence-corrected chi connectivity index (χ3v) is 3.49. The molecule has 3 heteroatoms. The van der Waals surface area contributed by atoms with E-state index in [1.807, 2.05) is 6.07 Å². The van der Waals surface area contributed by atoms with Crippen molar-refractivity contribution in [3.05, 3.63) is 35.4 Å². The van der Waals surface area contributed by atoms with Crippen LogP contribution >= 0.6 is 0 Å². The number of carbonyl (C=O) groups is 1. The zero-order chi connectivity index (χ0) is 12.3. The minimum absolute atomic E-state index is 0.0878. The average Bonchev–Trinajstić information content (AvgIpc) is 2.33. The number of nitriles is 1. The summed E-state index contributed by atoms with van der Waals surface area (Å²) in [6.45, 7) is 2.92. The summed E-state index contributed by atoms with van der Waals surface area (Å²) in [5, 5.41) is 11.7. The fourth-order valence-electron chi connectivity index (χ4n) is 2.08. The molecule has 1 aliphatic carbocycles. The van der Waals surface area contributed by atoms with E-state index in [2.05, 4.69) is 12.2 Å². The molecule has 0 spiro atoms. The van der Waals surface area contributed by atoms with Gasteiger partial charge in [0, 0.05) is 12.1 Å². The molecule has 3 nitrogen and oxygen atoms in total. The van der Waals surface area contributed by atoms with Gasteiger partial charge in [0.05, 0.1) is 11.6 Å².